The minimum Gasteiger partial charge on any atom is -0.356 e. The van der Waals surface area contributed by atoms with Gasteiger partial charge in [0.1, 0.15) is 0 Å². The molecule has 1 fully saturated rings. The molecule has 0 aromatic heterocycles. The summed E-state index contributed by atoms with van der Waals surface area (Å²) in [5.41, 5.74) is 0. The predicted molar refractivity (Wildman–Crippen MR) is 82.5 cm³/mol. The number of nitrogens with one attached hydrogen (secondary N) is 3. The van der Waals surface area contributed by atoms with Gasteiger partial charge in [0, 0.05) is 25.0 Å². The largest absolute Gasteiger partial charge is 0.356 e. The third kappa shape index (κ3) is 7.42. The van der Waals surface area contributed by atoms with E-state index in [-0.39, 0.29) is 30.0 Å². The highest BCUT2D eigenvalue weighted by molar-refractivity contribution is 7.89. The molecular formula is C12H26ClN3O3S. The van der Waals surface area contributed by atoms with Gasteiger partial charge in [-0.3, -0.25) is 4.79 Å². The maximum Gasteiger partial charge on any atom is 0.223 e. The second-order valence-corrected chi connectivity index (χ2v) is 7.11. The number of hydrogen-bond acceptors (Lipinski definition) is 4. The summed E-state index contributed by atoms with van der Waals surface area (Å²) in [4.78, 5) is 11.9. The van der Waals surface area contributed by atoms with Crippen molar-refractivity contribution in [3.05, 3.63) is 0 Å². The zero-order valence-corrected chi connectivity index (χ0v) is 13.8. The van der Waals surface area contributed by atoms with Crippen molar-refractivity contribution in [3.8, 4) is 0 Å². The lowest BCUT2D eigenvalue weighted by Gasteiger charge is -2.27. The molecular weight excluding hydrogens is 302 g/mol. The summed E-state index contributed by atoms with van der Waals surface area (Å²) in [5, 5.41) is 6.19. The molecule has 1 saturated heterocycles. The van der Waals surface area contributed by atoms with E-state index >= 15 is 0 Å². The molecule has 0 bridgehead atoms. The first-order valence-corrected chi connectivity index (χ1v) is 8.58. The van der Waals surface area contributed by atoms with Gasteiger partial charge in [-0.2, -0.15) is 0 Å². The molecule has 120 valence electrons. The van der Waals surface area contributed by atoms with Crippen LogP contribution in [0.25, 0.3) is 0 Å². The van der Waals surface area contributed by atoms with E-state index < -0.39 is 10.0 Å². The molecule has 0 spiro atoms. The van der Waals surface area contributed by atoms with Crippen LogP contribution in [0.15, 0.2) is 0 Å². The van der Waals surface area contributed by atoms with Gasteiger partial charge in [-0.05, 0) is 39.7 Å². The summed E-state index contributed by atoms with van der Waals surface area (Å²) >= 11 is 0. The van der Waals surface area contributed by atoms with Gasteiger partial charge >= 0.3 is 0 Å². The standard InChI is InChI=1S/C12H25N3O3S.ClH/c1-3-19(17,18)15-7-4-6-14-12(16)11-5-8-13-10(2)9-11;/h10-11,13,15H,3-9H2,1-2H3,(H,14,16);1H/t10-,11-;/m0./s1. The Labute approximate surface area is 127 Å². The topological polar surface area (TPSA) is 87.3 Å². The second-order valence-electron chi connectivity index (χ2n) is 5.02. The molecule has 0 saturated carbocycles. The quantitative estimate of drug-likeness (QED) is 0.585. The Balaban J connectivity index is 0.00000361. The van der Waals surface area contributed by atoms with Gasteiger partial charge in [-0.25, -0.2) is 13.1 Å². The van der Waals surface area contributed by atoms with E-state index in [2.05, 4.69) is 22.3 Å². The Bertz CT molecular complexity index is 389. The molecule has 1 rings (SSSR count). The van der Waals surface area contributed by atoms with E-state index in [0.717, 1.165) is 19.4 Å². The minimum atomic E-state index is -3.12. The van der Waals surface area contributed by atoms with Crippen molar-refractivity contribution < 1.29 is 13.2 Å². The molecule has 1 heterocycles. The third-order valence-corrected chi connectivity index (χ3v) is 4.75. The summed E-state index contributed by atoms with van der Waals surface area (Å²) in [7, 11) is -3.12. The third-order valence-electron chi connectivity index (χ3n) is 3.35. The van der Waals surface area contributed by atoms with E-state index in [9.17, 15) is 13.2 Å². The highest BCUT2D eigenvalue weighted by Gasteiger charge is 2.24. The molecule has 6 nitrogen and oxygen atoms in total. The number of carbonyl (C=O) groups excluding carboxylic acids is 1. The van der Waals surface area contributed by atoms with E-state index in [4.69, 9.17) is 0 Å². The molecule has 0 unspecified atom stereocenters. The monoisotopic (exact) mass is 327 g/mol. The molecule has 1 amide bonds. The SMILES string of the molecule is CCS(=O)(=O)NCCCNC(=O)[C@H]1CCN[C@@H](C)C1.Cl. The summed E-state index contributed by atoms with van der Waals surface area (Å²) in [6.45, 7) is 5.46. The smallest absolute Gasteiger partial charge is 0.223 e. The highest BCUT2D eigenvalue weighted by Crippen LogP contribution is 2.15. The second kappa shape index (κ2) is 9.55. The molecule has 1 aliphatic rings. The van der Waals surface area contributed by atoms with Crippen LogP contribution < -0.4 is 15.4 Å². The van der Waals surface area contributed by atoms with Crippen molar-refractivity contribution in [1.29, 1.82) is 0 Å². The Hall–Kier alpha value is -0.370. The summed E-state index contributed by atoms with van der Waals surface area (Å²) in [6, 6.07) is 0.390. The first kappa shape index (κ1) is 19.6. The summed E-state index contributed by atoms with van der Waals surface area (Å²) in [6.07, 6.45) is 2.36. The highest BCUT2D eigenvalue weighted by atomic mass is 35.5. The fourth-order valence-corrected chi connectivity index (χ4v) is 2.80. The van der Waals surface area contributed by atoms with Gasteiger partial charge in [0.25, 0.3) is 0 Å². The van der Waals surface area contributed by atoms with Crippen molar-refractivity contribution in [3.63, 3.8) is 0 Å². The van der Waals surface area contributed by atoms with Crippen LogP contribution in [0.1, 0.15) is 33.1 Å². The zero-order chi connectivity index (χ0) is 14.3. The van der Waals surface area contributed by atoms with Crippen LogP contribution in [-0.2, 0) is 14.8 Å². The fourth-order valence-electron chi connectivity index (χ4n) is 2.14. The summed E-state index contributed by atoms with van der Waals surface area (Å²) in [5.74, 6) is 0.266. The van der Waals surface area contributed by atoms with E-state index in [1.165, 1.54) is 0 Å². The van der Waals surface area contributed by atoms with Crippen molar-refractivity contribution in [2.75, 3.05) is 25.4 Å². The molecule has 8 heteroatoms. The molecule has 1 aliphatic heterocycles. The lowest BCUT2D eigenvalue weighted by atomic mass is 9.92. The molecule has 0 radical (unpaired) electrons. The van der Waals surface area contributed by atoms with E-state index in [1.54, 1.807) is 6.92 Å². The number of amides is 1. The van der Waals surface area contributed by atoms with Crippen molar-refractivity contribution in [2.45, 2.75) is 39.2 Å². The van der Waals surface area contributed by atoms with Crippen molar-refractivity contribution >= 4 is 28.3 Å². The van der Waals surface area contributed by atoms with E-state index in [0.29, 0.717) is 25.6 Å². The number of sulfonamides is 1. The molecule has 0 aromatic rings. The summed E-state index contributed by atoms with van der Waals surface area (Å²) < 4.78 is 24.8. The molecule has 3 N–H and O–H groups in total. The van der Waals surface area contributed by atoms with Crippen LogP contribution in [0, 0.1) is 5.92 Å². The molecule has 0 aliphatic carbocycles. The van der Waals surface area contributed by atoms with Crippen LogP contribution in [-0.4, -0.2) is 45.8 Å². The first-order valence-electron chi connectivity index (χ1n) is 6.93. The van der Waals surface area contributed by atoms with Crippen LogP contribution >= 0.6 is 12.4 Å². The number of rotatable bonds is 7. The van der Waals surface area contributed by atoms with Gasteiger partial charge in [-0.1, -0.05) is 0 Å². The number of piperidine rings is 1. The number of hydrogen-bond donors (Lipinski definition) is 3. The minimum absolute atomic E-state index is 0. The van der Waals surface area contributed by atoms with Gasteiger partial charge in [0.05, 0.1) is 5.75 Å². The Morgan fingerprint density at radius 2 is 2.05 bits per heavy atom. The average Bonchev–Trinajstić information content (AvgIpc) is 2.38. The van der Waals surface area contributed by atoms with Crippen LogP contribution in [0.3, 0.4) is 0 Å². The fraction of sp³-hybridized carbons (Fsp3) is 0.917. The zero-order valence-electron chi connectivity index (χ0n) is 12.1. The maximum absolute atomic E-state index is 11.9. The normalized spacial score (nSPS) is 22.9. The lowest BCUT2D eigenvalue weighted by molar-refractivity contribution is -0.126. The van der Waals surface area contributed by atoms with Crippen molar-refractivity contribution in [1.82, 2.24) is 15.4 Å². The Morgan fingerprint density at radius 1 is 1.35 bits per heavy atom. The predicted octanol–water partition coefficient (Wildman–Crippen LogP) is 0.242. The molecule has 2 atom stereocenters. The molecule has 0 aromatic carbocycles. The average molecular weight is 328 g/mol. The van der Waals surface area contributed by atoms with E-state index in [1.807, 2.05) is 0 Å². The number of halogens is 1. The lowest BCUT2D eigenvalue weighted by Crippen LogP contribution is -2.42. The maximum atomic E-state index is 11.9. The van der Waals surface area contributed by atoms with Crippen molar-refractivity contribution in [2.24, 2.45) is 5.92 Å². The van der Waals surface area contributed by atoms with Gasteiger partial charge in [0.2, 0.25) is 15.9 Å². The van der Waals surface area contributed by atoms with Crippen LogP contribution in [0.4, 0.5) is 0 Å². The number of carbonyl (C=O) groups is 1. The van der Waals surface area contributed by atoms with Crippen LogP contribution in [0.5, 0.6) is 0 Å². The van der Waals surface area contributed by atoms with Gasteiger partial charge in [0.15, 0.2) is 0 Å². The first-order chi connectivity index (χ1) is 8.94. The van der Waals surface area contributed by atoms with Gasteiger partial charge in [-0.15, -0.1) is 12.4 Å². The van der Waals surface area contributed by atoms with Gasteiger partial charge < -0.3 is 10.6 Å². The van der Waals surface area contributed by atoms with Crippen LogP contribution in [0.2, 0.25) is 0 Å². The molecule has 20 heavy (non-hydrogen) atoms. The Kier molecular flexibility index (Phi) is 9.37. The Morgan fingerprint density at radius 3 is 2.65 bits per heavy atom.